The zero-order valence-electron chi connectivity index (χ0n) is 12.8. The first-order chi connectivity index (χ1) is 12.0. The zero-order valence-corrected chi connectivity index (χ0v) is 14.4. The fourth-order valence-electron chi connectivity index (χ4n) is 2.63. The number of ether oxygens (including phenoxy) is 1. The van der Waals surface area contributed by atoms with Crippen LogP contribution < -0.4 is 10.5 Å². The maximum absolute atomic E-state index is 10.9. The Kier molecular flexibility index (Phi) is 3.68. The van der Waals surface area contributed by atoms with Crippen LogP contribution in [0.2, 0.25) is 0 Å². The summed E-state index contributed by atoms with van der Waals surface area (Å²) >= 11 is 3.45. The largest absolute Gasteiger partial charge is 0.465 e. The van der Waals surface area contributed by atoms with Crippen LogP contribution in [0.15, 0.2) is 34.9 Å². The number of hydrogen-bond acceptors (Lipinski definition) is 6. The molecule has 3 heterocycles. The lowest BCUT2D eigenvalue weighted by atomic mass is 10.2. The van der Waals surface area contributed by atoms with E-state index in [9.17, 15) is 4.79 Å². The van der Waals surface area contributed by atoms with E-state index in [0.29, 0.717) is 24.9 Å². The molecule has 0 aliphatic carbocycles. The predicted octanol–water partition coefficient (Wildman–Crippen LogP) is 1.90. The number of nitrogens with two attached hydrogens (primary N) is 1. The fraction of sp³-hybridized carbons (Fsp3) is 0.200. The molecule has 3 N–H and O–H groups in total. The number of carbonyl (C=O) groups is 1. The van der Waals surface area contributed by atoms with E-state index >= 15 is 0 Å². The van der Waals surface area contributed by atoms with Gasteiger partial charge in [0.1, 0.15) is 11.9 Å². The van der Waals surface area contributed by atoms with Gasteiger partial charge in [-0.2, -0.15) is 9.97 Å². The van der Waals surface area contributed by atoms with Crippen molar-refractivity contribution in [2.24, 2.45) is 0 Å². The SMILES string of the molecule is Nc1nccc(-n2c(OC3CN(C(=O)O)C3)nc3ccc(Br)cc32)n1. The quantitative estimate of drug-likeness (QED) is 0.683. The number of hydrogen-bond donors (Lipinski definition) is 2. The standard InChI is InChI=1S/C15H13BrN6O3/c16-8-1-2-10-11(5-8)22(12-3-4-18-13(17)20-12)14(19-10)25-9-6-21(7-9)15(23)24/h1-5,9H,6-7H2,(H,23,24)(H2,17,18,20). The number of carboxylic acid groups (broad SMARTS) is 1. The topological polar surface area (TPSA) is 119 Å². The molecule has 0 bridgehead atoms. The summed E-state index contributed by atoms with van der Waals surface area (Å²) in [6, 6.07) is 7.68. The van der Waals surface area contributed by atoms with Gasteiger partial charge in [0.25, 0.3) is 0 Å². The minimum atomic E-state index is -0.958. The van der Waals surface area contributed by atoms with Crippen molar-refractivity contribution in [1.29, 1.82) is 0 Å². The Morgan fingerprint density at radius 3 is 2.84 bits per heavy atom. The van der Waals surface area contributed by atoms with Crippen molar-refractivity contribution in [3.8, 4) is 11.8 Å². The van der Waals surface area contributed by atoms with Crippen molar-refractivity contribution < 1.29 is 14.6 Å². The van der Waals surface area contributed by atoms with Gasteiger partial charge in [-0.1, -0.05) is 15.9 Å². The summed E-state index contributed by atoms with van der Waals surface area (Å²) in [6.45, 7) is 0.599. The Hall–Kier alpha value is -2.88. The molecule has 128 valence electrons. The summed E-state index contributed by atoms with van der Waals surface area (Å²) in [5.41, 5.74) is 7.22. The first-order valence-corrected chi connectivity index (χ1v) is 8.22. The Bertz CT molecular complexity index is 969. The number of halogens is 1. The highest BCUT2D eigenvalue weighted by Gasteiger charge is 2.33. The van der Waals surface area contributed by atoms with Gasteiger partial charge >= 0.3 is 12.1 Å². The highest BCUT2D eigenvalue weighted by molar-refractivity contribution is 9.10. The van der Waals surface area contributed by atoms with E-state index in [0.717, 1.165) is 15.5 Å². The highest BCUT2D eigenvalue weighted by Crippen LogP contribution is 2.29. The summed E-state index contributed by atoms with van der Waals surface area (Å²) in [5.74, 6) is 0.665. The van der Waals surface area contributed by atoms with E-state index in [1.807, 2.05) is 18.2 Å². The van der Waals surface area contributed by atoms with Crippen molar-refractivity contribution in [1.82, 2.24) is 24.4 Å². The molecule has 25 heavy (non-hydrogen) atoms. The molecular formula is C15H13BrN6O3. The average molecular weight is 405 g/mol. The number of amides is 1. The molecule has 1 aliphatic rings. The van der Waals surface area contributed by atoms with Crippen LogP contribution in [-0.4, -0.2) is 54.8 Å². The summed E-state index contributed by atoms with van der Waals surface area (Å²) in [7, 11) is 0. The van der Waals surface area contributed by atoms with Gasteiger partial charge in [0.15, 0.2) is 0 Å². The van der Waals surface area contributed by atoms with Gasteiger partial charge in [-0.25, -0.2) is 14.3 Å². The van der Waals surface area contributed by atoms with E-state index in [1.54, 1.807) is 16.8 Å². The number of fused-ring (bicyclic) bond motifs is 1. The molecule has 2 aromatic heterocycles. The van der Waals surface area contributed by atoms with Gasteiger partial charge in [-0.15, -0.1) is 0 Å². The van der Waals surface area contributed by atoms with Crippen LogP contribution in [0.4, 0.5) is 10.7 Å². The third-order valence-corrected chi connectivity index (χ3v) is 4.36. The predicted molar refractivity (Wildman–Crippen MR) is 92.8 cm³/mol. The van der Waals surface area contributed by atoms with Gasteiger partial charge in [-0.05, 0) is 18.2 Å². The van der Waals surface area contributed by atoms with Crippen LogP contribution in [-0.2, 0) is 0 Å². The van der Waals surface area contributed by atoms with E-state index in [4.69, 9.17) is 15.6 Å². The first-order valence-electron chi connectivity index (χ1n) is 7.42. The fourth-order valence-corrected chi connectivity index (χ4v) is 2.98. The Balaban J connectivity index is 1.76. The lowest BCUT2D eigenvalue weighted by molar-refractivity contribution is 0.0195. The summed E-state index contributed by atoms with van der Waals surface area (Å²) < 4.78 is 8.53. The maximum atomic E-state index is 10.9. The molecule has 1 amide bonds. The van der Waals surface area contributed by atoms with E-state index < -0.39 is 6.09 Å². The normalized spacial score (nSPS) is 14.5. The number of anilines is 1. The lowest BCUT2D eigenvalue weighted by Crippen LogP contribution is -2.55. The average Bonchev–Trinajstić information content (AvgIpc) is 2.87. The van der Waals surface area contributed by atoms with Crippen molar-refractivity contribution in [2.75, 3.05) is 18.8 Å². The maximum Gasteiger partial charge on any atom is 0.407 e. The minimum Gasteiger partial charge on any atom is -0.465 e. The van der Waals surface area contributed by atoms with Gasteiger partial charge in [0, 0.05) is 16.7 Å². The number of aromatic nitrogens is 4. The molecule has 10 heteroatoms. The molecule has 3 aromatic rings. The number of likely N-dealkylation sites (tertiary alicyclic amines) is 1. The molecule has 4 rings (SSSR count). The second-order valence-corrected chi connectivity index (χ2v) is 6.48. The molecule has 0 saturated carbocycles. The van der Waals surface area contributed by atoms with Crippen LogP contribution in [0.25, 0.3) is 16.9 Å². The smallest absolute Gasteiger partial charge is 0.407 e. The molecule has 0 radical (unpaired) electrons. The van der Waals surface area contributed by atoms with E-state index in [1.165, 1.54) is 4.90 Å². The molecule has 1 aromatic carbocycles. The van der Waals surface area contributed by atoms with Crippen LogP contribution in [0.1, 0.15) is 0 Å². The van der Waals surface area contributed by atoms with Crippen LogP contribution in [0.5, 0.6) is 6.01 Å². The molecule has 0 unspecified atom stereocenters. The molecule has 1 fully saturated rings. The highest BCUT2D eigenvalue weighted by atomic mass is 79.9. The molecule has 1 aliphatic heterocycles. The number of nitrogen functional groups attached to an aromatic ring is 1. The minimum absolute atomic E-state index is 0.140. The van der Waals surface area contributed by atoms with Crippen molar-refractivity contribution in [3.05, 3.63) is 34.9 Å². The van der Waals surface area contributed by atoms with Crippen LogP contribution >= 0.6 is 15.9 Å². The number of nitrogens with zero attached hydrogens (tertiary/aromatic N) is 5. The summed E-state index contributed by atoms with van der Waals surface area (Å²) in [4.78, 5) is 24.8. The Morgan fingerprint density at radius 1 is 1.32 bits per heavy atom. The van der Waals surface area contributed by atoms with Crippen molar-refractivity contribution in [2.45, 2.75) is 6.10 Å². The van der Waals surface area contributed by atoms with E-state index in [2.05, 4.69) is 30.9 Å². The van der Waals surface area contributed by atoms with Gasteiger partial charge in [-0.3, -0.25) is 0 Å². The lowest BCUT2D eigenvalue weighted by Gasteiger charge is -2.36. The first kappa shape index (κ1) is 15.6. The monoisotopic (exact) mass is 404 g/mol. The van der Waals surface area contributed by atoms with Crippen LogP contribution in [0.3, 0.4) is 0 Å². The number of benzene rings is 1. The second kappa shape index (κ2) is 5.88. The molecule has 0 spiro atoms. The van der Waals surface area contributed by atoms with Crippen molar-refractivity contribution in [3.63, 3.8) is 0 Å². The molecule has 1 saturated heterocycles. The Morgan fingerprint density at radius 2 is 2.12 bits per heavy atom. The molecule has 9 nitrogen and oxygen atoms in total. The number of rotatable bonds is 3. The third kappa shape index (κ3) is 2.84. The summed E-state index contributed by atoms with van der Waals surface area (Å²) in [5, 5.41) is 8.94. The summed E-state index contributed by atoms with van der Waals surface area (Å²) in [6.07, 6.45) is 0.343. The van der Waals surface area contributed by atoms with Crippen LogP contribution in [0, 0.1) is 0 Å². The van der Waals surface area contributed by atoms with E-state index in [-0.39, 0.29) is 12.1 Å². The number of imidazole rings is 1. The zero-order chi connectivity index (χ0) is 17.6. The molecular weight excluding hydrogens is 392 g/mol. The second-order valence-electron chi connectivity index (χ2n) is 5.56. The Labute approximate surface area is 150 Å². The molecule has 0 atom stereocenters. The van der Waals surface area contributed by atoms with Gasteiger partial charge < -0.3 is 20.5 Å². The third-order valence-electron chi connectivity index (χ3n) is 3.86. The van der Waals surface area contributed by atoms with Gasteiger partial charge in [0.05, 0.1) is 24.1 Å². The van der Waals surface area contributed by atoms with Gasteiger partial charge in [0.2, 0.25) is 5.95 Å². The van der Waals surface area contributed by atoms with Crippen molar-refractivity contribution >= 4 is 39.0 Å².